The van der Waals surface area contributed by atoms with Crippen molar-refractivity contribution >= 4 is 22.0 Å². The van der Waals surface area contributed by atoms with Crippen LogP contribution in [-0.4, -0.2) is 26.6 Å². The Morgan fingerprint density at radius 2 is 1.82 bits per heavy atom. The van der Waals surface area contributed by atoms with Crippen molar-refractivity contribution < 1.29 is 9.90 Å². The zero-order valence-corrected chi connectivity index (χ0v) is 14.5. The standard InChI is InChI=1S/C17H19BrN2O2/c1-17(2,3)20(16(21)22)11-12-4-6-13(7-5-12)14-8-15(18)10-19-9-14/h4-10H,11H2,1-3H3,(H,21,22). The summed E-state index contributed by atoms with van der Waals surface area (Å²) in [5.41, 5.74) is 2.60. The maximum absolute atomic E-state index is 11.4. The average molecular weight is 363 g/mol. The van der Waals surface area contributed by atoms with Crippen molar-refractivity contribution in [2.45, 2.75) is 32.9 Å². The molecule has 1 amide bonds. The van der Waals surface area contributed by atoms with Gasteiger partial charge in [0.1, 0.15) is 0 Å². The van der Waals surface area contributed by atoms with Crippen LogP contribution in [0.3, 0.4) is 0 Å². The summed E-state index contributed by atoms with van der Waals surface area (Å²) in [5.74, 6) is 0. The number of rotatable bonds is 3. The van der Waals surface area contributed by atoms with Crippen LogP contribution in [0.4, 0.5) is 4.79 Å². The van der Waals surface area contributed by atoms with Gasteiger partial charge >= 0.3 is 6.09 Å². The highest BCUT2D eigenvalue weighted by molar-refractivity contribution is 9.10. The number of hydrogen-bond acceptors (Lipinski definition) is 2. The molecule has 22 heavy (non-hydrogen) atoms. The zero-order valence-electron chi connectivity index (χ0n) is 12.9. The van der Waals surface area contributed by atoms with Gasteiger partial charge in [0, 0.05) is 34.5 Å². The lowest BCUT2D eigenvalue weighted by Gasteiger charge is -2.33. The third-order valence-electron chi connectivity index (χ3n) is 3.37. The molecule has 0 bridgehead atoms. The van der Waals surface area contributed by atoms with Crippen LogP contribution in [0.2, 0.25) is 0 Å². The van der Waals surface area contributed by atoms with Crippen molar-refractivity contribution in [3.63, 3.8) is 0 Å². The van der Waals surface area contributed by atoms with E-state index in [4.69, 9.17) is 0 Å². The number of hydrogen-bond donors (Lipinski definition) is 1. The Kier molecular flexibility index (Phi) is 4.86. The molecule has 0 unspecified atom stereocenters. The molecule has 0 aliphatic heterocycles. The van der Waals surface area contributed by atoms with Gasteiger partial charge in [-0.15, -0.1) is 0 Å². The van der Waals surface area contributed by atoms with Crippen LogP contribution in [0.25, 0.3) is 11.1 Å². The summed E-state index contributed by atoms with van der Waals surface area (Å²) < 4.78 is 0.930. The summed E-state index contributed by atoms with van der Waals surface area (Å²) in [6, 6.07) is 9.89. The van der Waals surface area contributed by atoms with Gasteiger partial charge in [-0.1, -0.05) is 24.3 Å². The van der Waals surface area contributed by atoms with Crippen LogP contribution in [0.15, 0.2) is 47.2 Å². The highest BCUT2D eigenvalue weighted by atomic mass is 79.9. The summed E-state index contributed by atoms with van der Waals surface area (Å²) >= 11 is 3.41. The lowest BCUT2D eigenvalue weighted by Crippen LogP contribution is -2.44. The molecule has 5 heteroatoms. The number of benzene rings is 1. The number of carbonyl (C=O) groups is 1. The van der Waals surface area contributed by atoms with Crippen LogP contribution in [-0.2, 0) is 6.54 Å². The fourth-order valence-electron chi connectivity index (χ4n) is 2.15. The fourth-order valence-corrected chi connectivity index (χ4v) is 2.51. The van der Waals surface area contributed by atoms with Gasteiger partial charge in [0.2, 0.25) is 0 Å². The van der Waals surface area contributed by atoms with Gasteiger partial charge in [0.05, 0.1) is 0 Å². The summed E-state index contributed by atoms with van der Waals surface area (Å²) in [4.78, 5) is 17.0. The monoisotopic (exact) mass is 362 g/mol. The second kappa shape index (κ2) is 6.48. The topological polar surface area (TPSA) is 53.4 Å². The molecule has 0 saturated carbocycles. The number of halogens is 1. The molecule has 2 aromatic rings. The van der Waals surface area contributed by atoms with Gasteiger partial charge in [-0.2, -0.15) is 0 Å². The Balaban J connectivity index is 2.20. The predicted molar refractivity (Wildman–Crippen MR) is 90.7 cm³/mol. The Morgan fingerprint density at radius 3 is 2.32 bits per heavy atom. The molecule has 0 aliphatic rings. The summed E-state index contributed by atoms with van der Waals surface area (Å²) in [5, 5.41) is 9.35. The lowest BCUT2D eigenvalue weighted by molar-refractivity contribution is 0.0956. The van der Waals surface area contributed by atoms with Crippen molar-refractivity contribution in [2.24, 2.45) is 0 Å². The molecule has 1 heterocycles. The number of pyridine rings is 1. The highest BCUT2D eigenvalue weighted by Gasteiger charge is 2.25. The second-order valence-electron chi connectivity index (χ2n) is 6.13. The molecule has 0 fully saturated rings. The van der Waals surface area contributed by atoms with E-state index in [1.807, 2.05) is 51.1 Å². The van der Waals surface area contributed by atoms with E-state index in [9.17, 15) is 9.90 Å². The lowest BCUT2D eigenvalue weighted by atomic mass is 10.0. The molecule has 0 atom stereocenters. The van der Waals surface area contributed by atoms with Gasteiger partial charge < -0.3 is 5.11 Å². The van der Waals surface area contributed by atoms with Crippen molar-refractivity contribution in [2.75, 3.05) is 0 Å². The van der Waals surface area contributed by atoms with E-state index >= 15 is 0 Å². The van der Waals surface area contributed by atoms with E-state index in [1.54, 1.807) is 12.4 Å². The van der Waals surface area contributed by atoms with E-state index in [0.717, 1.165) is 21.2 Å². The van der Waals surface area contributed by atoms with Crippen LogP contribution in [0.5, 0.6) is 0 Å². The van der Waals surface area contributed by atoms with Crippen LogP contribution < -0.4 is 0 Å². The molecule has 116 valence electrons. The summed E-state index contributed by atoms with van der Waals surface area (Å²) in [7, 11) is 0. The molecule has 0 spiro atoms. The summed E-state index contributed by atoms with van der Waals surface area (Å²) in [6.45, 7) is 6.05. The molecule has 1 aromatic carbocycles. The average Bonchev–Trinajstić information content (AvgIpc) is 2.44. The maximum Gasteiger partial charge on any atom is 0.408 e. The Bertz CT molecular complexity index is 663. The molecule has 0 aliphatic carbocycles. The largest absolute Gasteiger partial charge is 0.465 e. The first-order chi connectivity index (χ1) is 10.3. The third-order valence-corrected chi connectivity index (χ3v) is 3.81. The van der Waals surface area contributed by atoms with Crippen molar-refractivity contribution in [1.82, 2.24) is 9.88 Å². The highest BCUT2D eigenvalue weighted by Crippen LogP contribution is 2.23. The Morgan fingerprint density at radius 1 is 1.18 bits per heavy atom. The summed E-state index contributed by atoms with van der Waals surface area (Å²) in [6.07, 6.45) is 2.64. The van der Waals surface area contributed by atoms with E-state index < -0.39 is 11.6 Å². The predicted octanol–water partition coefficient (Wildman–Crippen LogP) is 4.79. The van der Waals surface area contributed by atoms with Crippen molar-refractivity contribution in [3.05, 3.63) is 52.8 Å². The third kappa shape index (κ3) is 4.07. The van der Waals surface area contributed by atoms with Gasteiger partial charge in [-0.3, -0.25) is 9.88 Å². The second-order valence-corrected chi connectivity index (χ2v) is 7.04. The van der Waals surface area contributed by atoms with Crippen molar-refractivity contribution in [3.8, 4) is 11.1 Å². The van der Waals surface area contributed by atoms with Gasteiger partial charge in [0.15, 0.2) is 0 Å². The molecule has 4 nitrogen and oxygen atoms in total. The first-order valence-electron chi connectivity index (χ1n) is 6.98. The molecule has 0 saturated heterocycles. The first kappa shape index (κ1) is 16.5. The SMILES string of the molecule is CC(C)(C)N(Cc1ccc(-c2cncc(Br)c2)cc1)C(=O)O. The Labute approximate surface area is 138 Å². The van der Waals surface area contributed by atoms with Gasteiger partial charge in [0.25, 0.3) is 0 Å². The quantitative estimate of drug-likeness (QED) is 0.853. The molecule has 1 aromatic heterocycles. The minimum Gasteiger partial charge on any atom is -0.465 e. The minimum absolute atomic E-state index is 0.371. The van der Waals surface area contributed by atoms with Crippen LogP contribution in [0.1, 0.15) is 26.3 Å². The zero-order chi connectivity index (χ0) is 16.3. The first-order valence-corrected chi connectivity index (χ1v) is 7.77. The van der Waals surface area contributed by atoms with Gasteiger partial charge in [-0.25, -0.2) is 4.79 Å². The van der Waals surface area contributed by atoms with E-state index in [2.05, 4.69) is 20.9 Å². The number of nitrogens with zero attached hydrogens (tertiary/aromatic N) is 2. The minimum atomic E-state index is -0.909. The molecular weight excluding hydrogens is 344 g/mol. The molecule has 1 N–H and O–H groups in total. The number of carboxylic acid groups (broad SMARTS) is 1. The number of amides is 1. The van der Waals surface area contributed by atoms with Crippen LogP contribution in [0, 0.1) is 0 Å². The normalized spacial score (nSPS) is 11.3. The van der Waals surface area contributed by atoms with E-state index in [0.29, 0.717) is 6.54 Å². The smallest absolute Gasteiger partial charge is 0.408 e. The van der Waals surface area contributed by atoms with Crippen LogP contribution >= 0.6 is 15.9 Å². The van der Waals surface area contributed by atoms with E-state index in [1.165, 1.54) is 4.90 Å². The van der Waals surface area contributed by atoms with Crippen molar-refractivity contribution in [1.29, 1.82) is 0 Å². The molecule has 2 rings (SSSR count). The Hall–Kier alpha value is -1.88. The number of aromatic nitrogens is 1. The fraction of sp³-hybridized carbons (Fsp3) is 0.294. The van der Waals surface area contributed by atoms with Gasteiger partial charge in [-0.05, 0) is 53.9 Å². The molecular formula is C17H19BrN2O2. The van der Waals surface area contributed by atoms with E-state index in [-0.39, 0.29) is 0 Å². The maximum atomic E-state index is 11.4. The molecule has 0 radical (unpaired) electrons.